The molecule has 0 bridgehead atoms. The number of nitrogens with zero attached hydrogens (tertiary/aromatic N) is 1. The lowest BCUT2D eigenvalue weighted by molar-refractivity contribution is -0.120. The van der Waals surface area contributed by atoms with Crippen molar-refractivity contribution in [2.75, 3.05) is 0 Å². The van der Waals surface area contributed by atoms with Crippen LogP contribution >= 0.6 is 11.6 Å². The second-order valence-electron chi connectivity index (χ2n) is 2.59. The normalized spacial score (nSPS) is 21.3. The molecule has 1 aliphatic carbocycles. The van der Waals surface area contributed by atoms with Crippen LogP contribution in [0.1, 0.15) is 12.8 Å². The van der Waals surface area contributed by atoms with E-state index in [1.165, 1.54) is 0 Å². The zero-order chi connectivity index (χ0) is 8.97. The van der Waals surface area contributed by atoms with Crippen LogP contribution in [0, 0.1) is 17.2 Å². The number of halogens is 1. The zero-order valence-corrected chi connectivity index (χ0v) is 7.21. The first-order chi connectivity index (χ1) is 5.74. The van der Waals surface area contributed by atoms with Gasteiger partial charge in [0.05, 0.1) is 12.5 Å². The average molecular weight is 182 g/mol. The van der Waals surface area contributed by atoms with Crippen molar-refractivity contribution in [3.05, 3.63) is 23.3 Å². The first-order valence-electron chi connectivity index (χ1n) is 3.67. The predicted molar refractivity (Wildman–Crippen MR) is 46.4 cm³/mol. The summed E-state index contributed by atoms with van der Waals surface area (Å²) in [7, 11) is 0. The quantitative estimate of drug-likeness (QED) is 0.655. The van der Waals surface area contributed by atoms with Crippen LogP contribution in [0.15, 0.2) is 23.3 Å². The highest BCUT2D eigenvalue weighted by atomic mass is 35.5. The van der Waals surface area contributed by atoms with Gasteiger partial charge in [0.2, 0.25) is 0 Å². The smallest absolute Gasteiger partial charge is 0.154 e. The molecule has 2 nitrogen and oxygen atoms in total. The molecule has 62 valence electrons. The highest BCUT2D eigenvalue weighted by Crippen LogP contribution is 2.19. The van der Waals surface area contributed by atoms with Gasteiger partial charge in [-0.05, 0) is 12.5 Å². The summed E-state index contributed by atoms with van der Waals surface area (Å²) in [5.74, 6) is -0.179. The van der Waals surface area contributed by atoms with E-state index in [-0.39, 0.29) is 18.1 Å². The van der Waals surface area contributed by atoms with Crippen molar-refractivity contribution in [2.24, 2.45) is 5.92 Å². The average Bonchev–Trinajstić information content (AvgIpc) is 2.06. The molecule has 0 fully saturated rings. The van der Waals surface area contributed by atoms with Crippen molar-refractivity contribution >= 4 is 17.4 Å². The van der Waals surface area contributed by atoms with E-state index in [0.717, 1.165) is 0 Å². The van der Waals surface area contributed by atoms with Gasteiger partial charge in [-0.2, -0.15) is 5.26 Å². The van der Waals surface area contributed by atoms with Gasteiger partial charge in [-0.1, -0.05) is 23.8 Å². The molecule has 0 amide bonds. The third-order valence-corrected chi connectivity index (χ3v) is 2.00. The van der Waals surface area contributed by atoms with Crippen molar-refractivity contribution in [3.8, 4) is 6.07 Å². The van der Waals surface area contributed by atoms with Crippen LogP contribution in [0.3, 0.4) is 0 Å². The maximum atomic E-state index is 11.2. The maximum absolute atomic E-state index is 11.2. The summed E-state index contributed by atoms with van der Waals surface area (Å²) in [5.41, 5.74) is 0. The van der Waals surface area contributed by atoms with Crippen molar-refractivity contribution in [1.82, 2.24) is 0 Å². The summed E-state index contributed by atoms with van der Waals surface area (Å²) in [6.45, 7) is 0. The van der Waals surface area contributed by atoms with E-state index >= 15 is 0 Å². The number of allylic oxidation sites excluding steroid dienone is 4. The zero-order valence-electron chi connectivity index (χ0n) is 6.46. The molecule has 12 heavy (non-hydrogen) atoms. The predicted octanol–water partition coefficient (Wildman–Crippen LogP) is 2.17. The van der Waals surface area contributed by atoms with Crippen LogP contribution in [-0.2, 0) is 4.79 Å². The first-order valence-corrected chi connectivity index (χ1v) is 4.05. The number of carbonyl (C=O) groups is 1. The topological polar surface area (TPSA) is 40.9 Å². The molecule has 0 radical (unpaired) electrons. The number of hydrogen-bond donors (Lipinski definition) is 0. The van der Waals surface area contributed by atoms with E-state index in [1.54, 1.807) is 18.2 Å². The van der Waals surface area contributed by atoms with Crippen LogP contribution in [0.2, 0.25) is 0 Å². The molecule has 0 saturated heterocycles. The molecule has 1 rings (SSSR count). The van der Waals surface area contributed by atoms with Gasteiger partial charge in [-0.25, -0.2) is 0 Å². The summed E-state index contributed by atoms with van der Waals surface area (Å²) >= 11 is 5.66. The lowest BCUT2D eigenvalue weighted by atomic mass is 9.95. The van der Waals surface area contributed by atoms with Crippen molar-refractivity contribution in [3.63, 3.8) is 0 Å². The minimum Gasteiger partial charge on any atom is -0.298 e. The largest absolute Gasteiger partial charge is 0.298 e. The van der Waals surface area contributed by atoms with Gasteiger partial charge in [-0.3, -0.25) is 4.79 Å². The Morgan fingerprint density at radius 2 is 2.58 bits per heavy atom. The first kappa shape index (κ1) is 9.02. The van der Waals surface area contributed by atoms with Crippen LogP contribution in [0.4, 0.5) is 0 Å². The van der Waals surface area contributed by atoms with E-state index in [4.69, 9.17) is 16.9 Å². The molecular weight excluding hydrogens is 174 g/mol. The lowest BCUT2D eigenvalue weighted by Gasteiger charge is -2.10. The fourth-order valence-electron chi connectivity index (χ4n) is 1.04. The van der Waals surface area contributed by atoms with Crippen LogP contribution in [-0.4, -0.2) is 5.78 Å². The number of carbonyl (C=O) groups excluding carboxylic acids is 1. The van der Waals surface area contributed by atoms with Crippen LogP contribution in [0.25, 0.3) is 0 Å². The Hall–Kier alpha value is -1.07. The molecule has 0 aromatic carbocycles. The number of ketones is 1. The number of nitriles is 1. The van der Waals surface area contributed by atoms with E-state index in [1.807, 2.05) is 6.07 Å². The number of rotatable bonds is 2. The highest BCUT2D eigenvalue weighted by molar-refractivity contribution is 6.31. The molecule has 0 spiro atoms. The highest BCUT2D eigenvalue weighted by Gasteiger charge is 2.15. The van der Waals surface area contributed by atoms with Gasteiger partial charge >= 0.3 is 0 Å². The number of hydrogen-bond acceptors (Lipinski definition) is 2. The molecule has 1 atom stereocenters. The van der Waals surface area contributed by atoms with E-state index in [0.29, 0.717) is 11.5 Å². The Balaban J connectivity index is 2.54. The van der Waals surface area contributed by atoms with Gasteiger partial charge in [0, 0.05) is 11.0 Å². The molecule has 3 heteroatoms. The fraction of sp³-hybridized carbons (Fsp3) is 0.333. The van der Waals surface area contributed by atoms with Gasteiger partial charge < -0.3 is 0 Å². The summed E-state index contributed by atoms with van der Waals surface area (Å²) in [6, 6.07) is 1.84. The van der Waals surface area contributed by atoms with Gasteiger partial charge in [-0.15, -0.1) is 0 Å². The lowest BCUT2D eigenvalue weighted by Crippen LogP contribution is -2.11. The monoisotopic (exact) mass is 181 g/mol. The Bertz CT molecular complexity index is 285. The molecule has 0 aromatic heterocycles. The van der Waals surface area contributed by atoms with E-state index in [2.05, 4.69) is 0 Å². The second kappa shape index (κ2) is 4.08. The van der Waals surface area contributed by atoms with Crippen molar-refractivity contribution < 1.29 is 4.79 Å². The SMILES string of the molecule is N#CCC(=O)C1C=CC(Cl)=CC1. The van der Waals surface area contributed by atoms with Crippen LogP contribution in [0.5, 0.6) is 0 Å². The summed E-state index contributed by atoms with van der Waals surface area (Å²) < 4.78 is 0. The Morgan fingerprint density at radius 3 is 3.08 bits per heavy atom. The fourth-order valence-corrected chi connectivity index (χ4v) is 1.20. The molecule has 1 unspecified atom stereocenters. The van der Waals surface area contributed by atoms with E-state index in [9.17, 15) is 4.79 Å². The Kier molecular flexibility index (Phi) is 3.07. The minimum atomic E-state index is -0.146. The molecule has 0 saturated carbocycles. The summed E-state index contributed by atoms with van der Waals surface area (Å²) in [5, 5.41) is 8.95. The molecular formula is C9H8ClNO. The standard InChI is InChI=1S/C9H8ClNO/c10-8-3-1-7(2-4-8)9(12)5-6-11/h1,3-4,7H,2,5H2. The van der Waals surface area contributed by atoms with Crippen molar-refractivity contribution in [1.29, 1.82) is 5.26 Å². The van der Waals surface area contributed by atoms with Crippen molar-refractivity contribution in [2.45, 2.75) is 12.8 Å². The number of Topliss-reactive ketones (excluding diaryl/α,β-unsaturated/α-hetero) is 1. The molecule has 0 aliphatic heterocycles. The van der Waals surface area contributed by atoms with Gasteiger partial charge in [0.25, 0.3) is 0 Å². The summed E-state index contributed by atoms with van der Waals surface area (Å²) in [4.78, 5) is 11.2. The third-order valence-electron chi connectivity index (χ3n) is 1.72. The molecule has 1 aliphatic rings. The van der Waals surface area contributed by atoms with E-state index < -0.39 is 0 Å². The Morgan fingerprint density at radius 1 is 1.83 bits per heavy atom. The van der Waals surface area contributed by atoms with Gasteiger partial charge in [0.15, 0.2) is 5.78 Å². The molecule has 0 aromatic rings. The maximum Gasteiger partial charge on any atom is 0.154 e. The van der Waals surface area contributed by atoms with Gasteiger partial charge in [0.1, 0.15) is 0 Å². The minimum absolute atomic E-state index is 0.0134. The van der Waals surface area contributed by atoms with Crippen LogP contribution < -0.4 is 0 Å². The third kappa shape index (κ3) is 2.21. The Labute approximate surface area is 76.1 Å². The summed E-state index contributed by atoms with van der Waals surface area (Å²) in [6.07, 6.45) is 5.85. The molecule has 0 N–H and O–H groups in total. The second-order valence-corrected chi connectivity index (χ2v) is 3.03. The molecule has 0 heterocycles.